The molecule has 1 aromatic heterocycles. The van der Waals surface area contributed by atoms with Crippen molar-refractivity contribution in [1.29, 1.82) is 0 Å². The van der Waals surface area contributed by atoms with Crippen molar-refractivity contribution in [2.24, 2.45) is 0 Å². The van der Waals surface area contributed by atoms with Gasteiger partial charge in [-0.1, -0.05) is 57.0 Å². The van der Waals surface area contributed by atoms with Crippen molar-refractivity contribution in [2.75, 3.05) is 39.8 Å². The van der Waals surface area contributed by atoms with Gasteiger partial charge in [0.15, 0.2) is 0 Å². The Morgan fingerprint density at radius 2 is 1.72 bits per heavy atom. The van der Waals surface area contributed by atoms with Gasteiger partial charge in [-0.2, -0.15) is 0 Å². The number of fused-ring (bicyclic) bond motifs is 4. The lowest BCUT2D eigenvalue weighted by Gasteiger charge is -2.47. The Kier molecular flexibility index (Phi) is 8.56. The Hall–Kier alpha value is -3.32. The number of amides is 2. The number of carbonyl (C=O) groups is 2. The second kappa shape index (κ2) is 12.2. The van der Waals surface area contributed by atoms with Crippen molar-refractivity contribution in [3.8, 4) is 5.75 Å². The zero-order valence-electron chi connectivity index (χ0n) is 23.7. The van der Waals surface area contributed by atoms with E-state index in [1.54, 1.807) is 12.0 Å². The van der Waals surface area contributed by atoms with Gasteiger partial charge in [-0.25, -0.2) is 0 Å². The van der Waals surface area contributed by atoms with Gasteiger partial charge >= 0.3 is 0 Å². The molecule has 208 valence electrons. The molecule has 5 rings (SSSR count). The zero-order chi connectivity index (χ0) is 27.4. The van der Waals surface area contributed by atoms with E-state index in [0.29, 0.717) is 13.0 Å². The molecule has 1 saturated heterocycles. The topological polar surface area (TPSA) is 70.1 Å². The van der Waals surface area contributed by atoms with Crippen LogP contribution in [-0.4, -0.2) is 72.5 Å². The Morgan fingerprint density at radius 3 is 2.46 bits per heavy atom. The Balaban J connectivity index is 1.41. The minimum Gasteiger partial charge on any atom is -0.497 e. The number of piperazine rings is 1. The number of hydrogen-bond donors (Lipinski definition) is 2. The number of hydrogen-bond acceptors (Lipinski definition) is 3. The number of nitrogens with zero attached hydrogens (tertiary/aromatic N) is 2. The van der Waals surface area contributed by atoms with Gasteiger partial charge in [0, 0.05) is 36.0 Å². The standard InChI is InChI=1S/C32H42N4O3/c1-4-6-16-34(17-7-5-2)18-11-19-35-22-29(37)36-28(32(35)38)21-26-25-14-8-9-15-27(25)33-30(26)31(36)23-12-10-13-24(20-23)39-3/h8-10,12-15,20,28,31,33H,4-7,11,16-19,21-22H2,1-3H3/p+1/t28-,31-/m0/s1. The second-order valence-corrected chi connectivity index (χ2v) is 11.1. The van der Waals surface area contributed by atoms with Crippen molar-refractivity contribution in [3.05, 3.63) is 65.4 Å². The van der Waals surface area contributed by atoms with E-state index in [1.165, 1.54) is 38.8 Å². The second-order valence-electron chi connectivity index (χ2n) is 11.1. The molecule has 2 atom stereocenters. The van der Waals surface area contributed by atoms with Crippen LogP contribution in [-0.2, 0) is 16.0 Å². The first-order valence-corrected chi connectivity index (χ1v) is 14.7. The molecule has 2 N–H and O–H groups in total. The average molecular weight is 532 g/mol. The molecule has 3 aromatic rings. The van der Waals surface area contributed by atoms with E-state index in [1.807, 2.05) is 46.2 Å². The third-order valence-electron chi connectivity index (χ3n) is 8.48. The van der Waals surface area contributed by atoms with Gasteiger partial charge in [-0.05, 0) is 42.2 Å². The summed E-state index contributed by atoms with van der Waals surface area (Å²) in [5, 5.41) is 1.13. The van der Waals surface area contributed by atoms with E-state index in [4.69, 9.17) is 4.74 Å². The highest BCUT2D eigenvalue weighted by Gasteiger charge is 2.48. The number of quaternary nitrogens is 1. The summed E-state index contributed by atoms with van der Waals surface area (Å²) in [6, 6.07) is 15.2. The highest BCUT2D eigenvalue weighted by molar-refractivity contribution is 5.97. The summed E-state index contributed by atoms with van der Waals surface area (Å²) in [4.78, 5) is 36.7. The molecule has 0 spiro atoms. The lowest BCUT2D eigenvalue weighted by Crippen LogP contribution is -3.12. The molecule has 2 aliphatic rings. The normalized spacial score (nSPS) is 19.1. The lowest BCUT2D eigenvalue weighted by molar-refractivity contribution is -0.900. The smallest absolute Gasteiger partial charge is 0.246 e. The molecule has 0 bridgehead atoms. The first-order chi connectivity index (χ1) is 19.0. The van der Waals surface area contributed by atoms with Crippen molar-refractivity contribution in [3.63, 3.8) is 0 Å². The predicted octanol–water partition coefficient (Wildman–Crippen LogP) is 3.74. The zero-order valence-corrected chi connectivity index (χ0v) is 23.7. The van der Waals surface area contributed by atoms with Crippen LogP contribution in [0.2, 0.25) is 0 Å². The highest BCUT2D eigenvalue weighted by atomic mass is 16.5. The Labute approximate surface area is 232 Å². The SMILES string of the molecule is CCCC[NH+](CCCC)CCCN1CC(=O)N2[C@@H](c3cccc(OC)c3)c3[nH]c4ccccc4c3C[C@H]2C1=O. The molecular weight excluding hydrogens is 488 g/mol. The first-order valence-electron chi connectivity index (χ1n) is 14.7. The van der Waals surface area contributed by atoms with Gasteiger partial charge in [0.1, 0.15) is 11.8 Å². The Morgan fingerprint density at radius 1 is 0.974 bits per heavy atom. The number of para-hydroxylation sites is 1. The summed E-state index contributed by atoms with van der Waals surface area (Å²) >= 11 is 0. The number of carbonyl (C=O) groups excluding carboxylic acids is 2. The molecule has 0 aliphatic carbocycles. The van der Waals surface area contributed by atoms with Gasteiger partial charge in [0.25, 0.3) is 0 Å². The van der Waals surface area contributed by atoms with Crippen LogP contribution in [0.4, 0.5) is 0 Å². The fraction of sp³-hybridized carbons (Fsp3) is 0.500. The first kappa shape index (κ1) is 27.3. The van der Waals surface area contributed by atoms with Crippen LogP contribution in [0.1, 0.15) is 68.8 Å². The van der Waals surface area contributed by atoms with Crippen molar-refractivity contribution >= 4 is 22.7 Å². The molecule has 0 saturated carbocycles. The molecule has 0 radical (unpaired) electrons. The summed E-state index contributed by atoms with van der Waals surface area (Å²) < 4.78 is 5.52. The van der Waals surface area contributed by atoms with Crippen LogP contribution >= 0.6 is 0 Å². The van der Waals surface area contributed by atoms with Crippen molar-refractivity contribution < 1.29 is 19.2 Å². The quantitative estimate of drug-likeness (QED) is 0.374. The van der Waals surface area contributed by atoms with Crippen LogP contribution in [0, 0.1) is 0 Å². The summed E-state index contributed by atoms with van der Waals surface area (Å²) in [5.74, 6) is 0.822. The molecule has 7 heteroatoms. The van der Waals surface area contributed by atoms with Crippen LogP contribution < -0.4 is 9.64 Å². The molecule has 7 nitrogen and oxygen atoms in total. The molecular formula is C32H43N4O3+. The molecule has 0 unspecified atom stereocenters. The van der Waals surface area contributed by atoms with E-state index in [0.717, 1.165) is 46.4 Å². The number of ether oxygens (including phenoxy) is 1. The average Bonchev–Trinajstić information content (AvgIpc) is 3.34. The van der Waals surface area contributed by atoms with Gasteiger partial charge in [0.05, 0.1) is 39.3 Å². The fourth-order valence-electron chi connectivity index (χ4n) is 6.42. The molecule has 2 aromatic carbocycles. The summed E-state index contributed by atoms with van der Waals surface area (Å²) in [6.45, 7) is 8.68. The van der Waals surface area contributed by atoms with E-state index in [-0.39, 0.29) is 24.4 Å². The summed E-state index contributed by atoms with van der Waals surface area (Å²) in [6.07, 6.45) is 6.33. The number of unbranched alkanes of at least 4 members (excludes halogenated alkanes) is 2. The van der Waals surface area contributed by atoms with Crippen LogP contribution in [0.25, 0.3) is 10.9 Å². The highest BCUT2D eigenvalue weighted by Crippen LogP contribution is 2.43. The van der Waals surface area contributed by atoms with Crippen molar-refractivity contribution in [1.82, 2.24) is 14.8 Å². The number of aromatic amines is 1. The Bertz CT molecular complexity index is 1290. The number of benzene rings is 2. The molecule has 3 heterocycles. The third-order valence-corrected chi connectivity index (χ3v) is 8.48. The maximum absolute atomic E-state index is 14.0. The van der Waals surface area contributed by atoms with Gasteiger partial charge in [0.2, 0.25) is 11.8 Å². The summed E-state index contributed by atoms with van der Waals surface area (Å²) in [5.41, 5.74) is 4.13. The molecule has 2 amide bonds. The summed E-state index contributed by atoms with van der Waals surface area (Å²) in [7, 11) is 1.65. The van der Waals surface area contributed by atoms with E-state index in [2.05, 4.69) is 31.0 Å². The maximum atomic E-state index is 14.0. The predicted molar refractivity (Wildman–Crippen MR) is 154 cm³/mol. The largest absolute Gasteiger partial charge is 0.497 e. The molecule has 2 aliphatic heterocycles. The van der Waals surface area contributed by atoms with E-state index in [9.17, 15) is 9.59 Å². The monoisotopic (exact) mass is 531 g/mol. The lowest BCUT2D eigenvalue weighted by atomic mass is 9.86. The number of rotatable bonds is 12. The van der Waals surface area contributed by atoms with Crippen LogP contribution in [0.5, 0.6) is 5.75 Å². The minimum atomic E-state index is -0.502. The minimum absolute atomic E-state index is 0.0119. The van der Waals surface area contributed by atoms with E-state index < -0.39 is 6.04 Å². The van der Waals surface area contributed by atoms with Gasteiger partial charge in [-0.15, -0.1) is 0 Å². The molecule has 39 heavy (non-hydrogen) atoms. The molecule has 1 fully saturated rings. The fourth-order valence-corrected chi connectivity index (χ4v) is 6.42. The van der Waals surface area contributed by atoms with E-state index >= 15 is 0 Å². The number of aromatic nitrogens is 1. The van der Waals surface area contributed by atoms with Gasteiger partial charge in [-0.3, -0.25) is 9.59 Å². The van der Waals surface area contributed by atoms with Gasteiger partial charge < -0.3 is 24.4 Å². The number of methoxy groups -OCH3 is 1. The third kappa shape index (κ3) is 5.55. The van der Waals surface area contributed by atoms with Crippen molar-refractivity contribution in [2.45, 2.75) is 64.5 Å². The number of nitrogens with one attached hydrogen (secondary N) is 2. The van der Waals surface area contributed by atoms with Crippen LogP contribution in [0.15, 0.2) is 48.5 Å². The number of H-pyrrole nitrogens is 1. The maximum Gasteiger partial charge on any atom is 0.246 e. The van der Waals surface area contributed by atoms with Crippen LogP contribution in [0.3, 0.4) is 0 Å².